The van der Waals surface area contributed by atoms with Crippen LogP contribution in [0.5, 0.6) is 0 Å². The number of fused-ring (bicyclic) bond motifs is 1. The van der Waals surface area contributed by atoms with E-state index in [0.29, 0.717) is 10.2 Å². The van der Waals surface area contributed by atoms with Gasteiger partial charge in [-0.1, -0.05) is 18.2 Å². The average Bonchev–Trinajstić information content (AvgIpc) is 3.10. The molecule has 0 aliphatic heterocycles. The molecule has 108 valence electrons. The summed E-state index contributed by atoms with van der Waals surface area (Å²) in [5.41, 5.74) is 1.32. The molecule has 21 heavy (non-hydrogen) atoms. The predicted molar refractivity (Wildman–Crippen MR) is 83.1 cm³/mol. The lowest BCUT2D eigenvalue weighted by Crippen LogP contribution is -2.29. The standard InChI is InChI=1S/C16H14BrNO3/c1-10(14-9-11-5-3-4-6-13(11)21-14)18(2)16(19)12-7-8-20-15(12)17/h3-10H,1-2H3. The molecule has 0 saturated carbocycles. The molecule has 2 aromatic heterocycles. The summed E-state index contributed by atoms with van der Waals surface area (Å²) < 4.78 is 11.4. The van der Waals surface area contributed by atoms with Gasteiger partial charge in [-0.2, -0.15) is 0 Å². The summed E-state index contributed by atoms with van der Waals surface area (Å²) in [6, 6.07) is 11.2. The number of amides is 1. The second-order valence-corrected chi connectivity index (χ2v) is 5.61. The molecule has 1 atom stereocenters. The van der Waals surface area contributed by atoms with E-state index in [4.69, 9.17) is 8.83 Å². The Labute approximate surface area is 130 Å². The van der Waals surface area contributed by atoms with Gasteiger partial charge in [-0.15, -0.1) is 0 Å². The van der Waals surface area contributed by atoms with Gasteiger partial charge in [-0.05, 0) is 41.1 Å². The van der Waals surface area contributed by atoms with E-state index in [1.807, 2.05) is 37.3 Å². The van der Waals surface area contributed by atoms with Crippen LogP contribution in [-0.4, -0.2) is 17.9 Å². The SMILES string of the molecule is CC(c1cc2ccccc2o1)N(C)C(=O)c1ccoc1Br. The maximum atomic E-state index is 12.5. The number of hydrogen-bond acceptors (Lipinski definition) is 3. The van der Waals surface area contributed by atoms with Crippen molar-refractivity contribution in [3.8, 4) is 0 Å². The molecule has 2 heterocycles. The Morgan fingerprint density at radius 1 is 1.29 bits per heavy atom. The van der Waals surface area contributed by atoms with Crippen molar-refractivity contribution in [1.82, 2.24) is 4.90 Å². The van der Waals surface area contributed by atoms with E-state index < -0.39 is 0 Å². The Kier molecular flexibility index (Phi) is 3.59. The zero-order valence-corrected chi connectivity index (χ0v) is 13.3. The van der Waals surface area contributed by atoms with Gasteiger partial charge in [0.05, 0.1) is 17.9 Å². The molecule has 3 rings (SSSR count). The molecular formula is C16H14BrNO3. The molecule has 0 fully saturated rings. The van der Waals surface area contributed by atoms with Gasteiger partial charge in [-0.25, -0.2) is 0 Å². The van der Waals surface area contributed by atoms with Crippen molar-refractivity contribution in [3.05, 3.63) is 58.7 Å². The molecular weight excluding hydrogens is 334 g/mol. The number of hydrogen-bond donors (Lipinski definition) is 0. The second kappa shape index (κ2) is 5.41. The molecule has 1 unspecified atom stereocenters. The van der Waals surface area contributed by atoms with Crippen LogP contribution in [0.25, 0.3) is 11.0 Å². The Bertz CT molecular complexity index is 757. The van der Waals surface area contributed by atoms with Crippen LogP contribution in [0.1, 0.15) is 29.1 Å². The number of carbonyl (C=O) groups excluding carboxylic acids is 1. The molecule has 4 nitrogen and oxygen atoms in total. The van der Waals surface area contributed by atoms with E-state index in [1.165, 1.54) is 6.26 Å². The molecule has 0 aliphatic rings. The predicted octanol–water partition coefficient (Wildman–Crippen LogP) is 4.62. The molecule has 0 N–H and O–H groups in total. The van der Waals surface area contributed by atoms with Crippen molar-refractivity contribution in [3.63, 3.8) is 0 Å². The molecule has 0 radical (unpaired) electrons. The first kappa shape index (κ1) is 13.9. The van der Waals surface area contributed by atoms with E-state index in [1.54, 1.807) is 18.0 Å². The Morgan fingerprint density at radius 2 is 2.05 bits per heavy atom. The number of halogens is 1. The minimum absolute atomic E-state index is 0.122. The largest absolute Gasteiger partial charge is 0.459 e. The number of furan rings is 2. The normalized spacial score (nSPS) is 12.5. The highest BCUT2D eigenvalue weighted by molar-refractivity contribution is 9.10. The lowest BCUT2D eigenvalue weighted by Gasteiger charge is -2.22. The van der Waals surface area contributed by atoms with E-state index in [-0.39, 0.29) is 11.9 Å². The number of benzene rings is 1. The quantitative estimate of drug-likeness (QED) is 0.694. The second-order valence-electron chi connectivity index (χ2n) is 4.89. The molecule has 0 saturated heterocycles. The van der Waals surface area contributed by atoms with Gasteiger partial charge in [0.2, 0.25) is 0 Å². The Balaban J connectivity index is 1.88. The van der Waals surface area contributed by atoms with E-state index >= 15 is 0 Å². The zero-order chi connectivity index (χ0) is 15.0. The highest BCUT2D eigenvalue weighted by Gasteiger charge is 2.24. The first-order valence-electron chi connectivity index (χ1n) is 6.56. The minimum atomic E-state index is -0.174. The monoisotopic (exact) mass is 347 g/mol. The van der Waals surface area contributed by atoms with Crippen LogP contribution in [0, 0.1) is 0 Å². The molecule has 1 amide bonds. The summed E-state index contributed by atoms with van der Waals surface area (Å²) in [6.45, 7) is 1.93. The van der Waals surface area contributed by atoms with Crippen LogP contribution < -0.4 is 0 Å². The summed E-state index contributed by atoms with van der Waals surface area (Å²) in [5, 5.41) is 1.03. The van der Waals surface area contributed by atoms with Crippen molar-refractivity contribution in [2.75, 3.05) is 7.05 Å². The van der Waals surface area contributed by atoms with Gasteiger partial charge in [0, 0.05) is 12.4 Å². The van der Waals surface area contributed by atoms with Crippen LogP contribution in [0.4, 0.5) is 0 Å². The lowest BCUT2D eigenvalue weighted by atomic mass is 10.2. The van der Waals surface area contributed by atoms with Gasteiger partial charge in [0.15, 0.2) is 4.67 Å². The minimum Gasteiger partial charge on any atom is -0.459 e. The summed E-state index contributed by atoms with van der Waals surface area (Å²) in [6.07, 6.45) is 1.48. The number of nitrogens with zero attached hydrogens (tertiary/aromatic N) is 1. The fraction of sp³-hybridized carbons (Fsp3) is 0.188. The van der Waals surface area contributed by atoms with Gasteiger partial charge in [0.25, 0.3) is 5.91 Å². The van der Waals surface area contributed by atoms with Gasteiger partial charge < -0.3 is 13.7 Å². The van der Waals surface area contributed by atoms with Crippen LogP contribution >= 0.6 is 15.9 Å². The summed E-state index contributed by atoms with van der Waals surface area (Å²) >= 11 is 3.23. The van der Waals surface area contributed by atoms with Crippen molar-refractivity contribution in [2.45, 2.75) is 13.0 Å². The first-order valence-corrected chi connectivity index (χ1v) is 7.36. The topological polar surface area (TPSA) is 46.6 Å². The van der Waals surface area contributed by atoms with E-state index in [2.05, 4.69) is 15.9 Å². The third-order valence-electron chi connectivity index (χ3n) is 3.61. The zero-order valence-electron chi connectivity index (χ0n) is 11.7. The Morgan fingerprint density at radius 3 is 2.71 bits per heavy atom. The third-order valence-corrected chi connectivity index (χ3v) is 4.22. The first-order chi connectivity index (χ1) is 10.1. The van der Waals surface area contributed by atoms with Gasteiger partial charge in [-0.3, -0.25) is 4.79 Å². The van der Waals surface area contributed by atoms with Crippen LogP contribution in [0.3, 0.4) is 0 Å². The van der Waals surface area contributed by atoms with E-state index in [0.717, 1.165) is 16.7 Å². The fourth-order valence-corrected chi connectivity index (χ4v) is 2.62. The maximum absolute atomic E-state index is 12.5. The van der Waals surface area contributed by atoms with Crippen LogP contribution in [0.2, 0.25) is 0 Å². The van der Waals surface area contributed by atoms with Crippen molar-refractivity contribution < 1.29 is 13.6 Å². The highest BCUT2D eigenvalue weighted by Crippen LogP contribution is 2.28. The summed E-state index contributed by atoms with van der Waals surface area (Å²) in [4.78, 5) is 14.1. The molecule has 3 aromatic rings. The average molecular weight is 348 g/mol. The maximum Gasteiger partial charge on any atom is 0.258 e. The van der Waals surface area contributed by atoms with Crippen LogP contribution in [0.15, 0.2) is 56.2 Å². The molecule has 0 aliphatic carbocycles. The molecule has 5 heteroatoms. The van der Waals surface area contributed by atoms with Crippen molar-refractivity contribution in [1.29, 1.82) is 0 Å². The number of para-hydroxylation sites is 1. The van der Waals surface area contributed by atoms with Gasteiger partial charge >= 0.3 is 0 Å². The number of carbonyl (C=O) groups is 1. The van der Waals surface area contributed by atoms with E-state index in [9.17, 15) is 4.79 Å². The highest BCUT2D eigenvalue weighted by atomic mass is 79.9. The third kappa shape index (κ3) is 2.49. The summed E-state index contributed by atoms with van der Waals surface area (Å²) in [5.74, 6) is 0.634. The summed E-state index contributed by atoms with van der Waals surface area (Å²) in [7, 11) is 1.75. The molecule has 1 aromatic carbocycles. The van der Waals surface area contributed by atoms with Crippen molar-refractivity contribution >= 4 is 32.8 Å². The van der Waals surface area contributed by atoms with Gasteiger partial charge in [0.1, 0.15) is 11.3 Å². The number of rotatable bonds is 3. The lowest BCUT2D eigenvalue weighted by molar-refractivity contribution is 0.0725. The molecule has 0 bridgehead atoms. The van der Waals surface area contributed by atoms with Crippen molar-refractivity contribution in [2.24, 2.45) is 0 Å². The molecule has 0 spiro atoms. The smallest absolute Gasteiger partial charge is 0.258 e. The van der Waals surface area contributed by atoms with Crippen LogP contribution in [-0.2, 0) is 0 Å². The Hall–Kier alpha value is -2.01. The fourth-order valence-electron chi connectivity index (χ4n) is 2.21.